The maximum atomic E-state index is 12.5. The van der Waals surface area contributed by atoms with E-state index in [-0.39, 0.29) is 16.7 Å². The number of benzene rings is 1. The molecular weight excluding hydrogens is 368 g/mol. The molecule has 1 aromatic heterocycles. The Morgan fingerprint density at radius 2 is 1.85 bits per heavy atom. The number of rotatable bonds is 7. The van der Waals surface area contributed by atoms with Gasteiger partial charge in [-0.25, -0.2) is 8.42 Å². The van der Waals surface area contributed by atoms with Crippen molar-refractivity contribution in [3.05, 3.63) is 41.6 Å². The highest BCUT2D eigenvalue weighted by atomic mass is 32.2. The fourth-order valence-electron chi connectivity index (χ4n) is 2.84. The lowest BCUT2D eigenvalue weighted by Gasteiger charge is -2.15. The van der Waals surface area contributed by atoms with Crippen molar-refractivity contribution in [2.24, 2.45) is 0 Å². The lowest BCUT2D eigenvalue weighted by Crippen LogP contribution is -2.28. The van der Waals surface area contributed by atoms with Crippen molar-refractivity contribution < 1.29 is 17.6 Å². The Labute approximate surface area is 159 Å². The first-order valence-electron chi connectivity index (χ1n) is 9.08. The summed E-state index contributed by atoms with van der Waals surface area (Å²) in [5.74, 6) is 0.942. The quantitative estimate of drug-likeness (QED) is 0.772. The number of nitrogens with zero attached hydrogens (tertiary/aromatic N) is 3. The van der Waals surface area contributed by atoms with Crippen molar-refractivity contribution in [2.45, 2.75) is 43.9 Å². The van der Waals surface area contributed by atoms with Gasteiger partial charge in [0.15, 0.2) is 0 Å². The zero-order valence-electron chi connectivity index (χ0n) is 15.5. The van der Waals surface area contributed by atoms with Crippen LogP contribution in [0.2, 0.25) is 0 Å². The van der Waals surface area contributed by atoms with Crippen LogP contribution in [0.3, 0.4) is 0 Å². The average molecular weight is 392 g/mol. The largest absolute Gasteiger partial charge is 0.425 e. The number of aromatic nitrogens is 2. The molecule has 146 valence electrons. The third kappa shape index (κ3) is 4.54. The molecule has 3 rings (SSSR count). The number of amides is 1. The van der Waals surface area contributed by atoms with Crippen LogP contribution in [-0.4, -0.2) is 48.5 Å². The molecule has 9 heteroatoms. The first-order valence-corrected chi connectivity index (χ1v) is 10.5. The molecule has 1 aromatic carbocycles. The van der Waals surface area contributed by atoms with Crippen molar-refractivity contribution in [3.63, 3.8) is 0 Å². The van der Waals surface area contributed by atoms with Crippen molar-refractivity contribution in [2.75, 3.05) is 19.6 Å². The molecule has 0 unspecified atom stereocenters. The van der Waals surface area contributed by atoms with Crippen LogP contribution >= 0.6 is 0 Å². The number of nitrogens with one attached hydrogen (secondary N) is 1. The predicted molar refractivity (Wildman–Crippen MR) is 98.9 cm³/mol. The van der Waals surface area contributed by atoms with Crippen molar-refractivity contribution >= 4 is 15.9 Å². The van der Waals surface area contributed by atoms with Crippen LogP contribution in [0.25, 0.3) is 0 Å². The Morgan fingerprint density at radius 3 is 2.44 bits per heavy atom. The van der Waals surface area contributed by atoms with Gasteiger partial charge in [0.25, 0.3) is 5.91 Å². The van der Waals surface area contributed by atoms with Gasteiger partial charge in [0, 0.05) is 37.5 Å². The van der Waals surface area contributed by atoms with E-state index in [0.717, 1.165) is 12.8 Å². The van der Waals surface area contributed by atoms with Gasteiger partial charge in [-0.3, -0.25) is 4.79 Å². The lowest BCUT2D eigenvalue weighted by molar-refractivity contribution is 0.0953. The Balaban J connectivity index is 1.55. The molecule has 1 aliphatic rings. The number of carbonyl (C=O) groups is 1. The first kappa shape index (κ1) is 19.5. The van der Waals surface area contributed by atoms with Gasteiger partial charge in [0.05, 0.1) is 4.90 Å². The van der Waals surface area contributed by atoms with E-state index in [2.05, 4.69) is 15.5 Å². The van der Waals surface area contributed by atoms with Gasteiger partial charge >= 0.3 is 0 Å². The minimum absolute atomic E-state index is 0.163. The highest BCUT2D eigenvalue weighted by Gasteiger charge is 2.27. The Morgan fingerprint density at radius 1 is 1.19 bits per heavy atom. The number of sulfonamides is 1. The number of hydrogen-bond donors (Lipinski definition) is 1. The monoisotopic (exact) mass is 392 g/mol. The zero-order valence-corrected chi connectivity index (χ0v) is 16.3. The zero-order chi connectivity index (χ0) is 19.4. The number of hydrogen-bond acceptors (Lipinski definition) is 6. The van der Waals surface area contributed by atoms with Gasteiger partial charge < -0.3 is 9.73 Å². The highest BCUT2D eigenvalue weighted by molar-refractivity contribution is 7.89. The second-order valence-electron chi connectivity index (χ2n) is 6.83. The topological polar surface area (TPSA) is 105 Å². The van der Waals surface area contributed by atoms with Crippen molar-refractivity contribution in [1.29, 1.82) is 0 Å². The Kier molecular flexibility index (Phi) is 5.91. The van der Waals surface area contributed by atoms with Crippen molar-refractivity contribution in [3.8, 4) is 0 Å². The minimum atomic E-state index is -3.46. The molecule has 0 aliphatic carbocycles. The molecule has 8 nitrogen and oxygen atoms in total. The summed E-state index contributed by atoms with van der Waals surface area (Å²) in [6.45, 7) is 5.39. The lowest BCUT2D eigenvalue weighted by atomic mass is 10.2. The van der Waals surface area contributed by atoms with Crippen LogP contribution in [0.4, 0.5) is 0 Å². The van der Waals surface area contributed by atoms with Crippen LogP contribution in [0.15, 0.2) is 33.6 Å². The molecule has 2 heterocycles. The van der Waals surface area contributed by atoms with Gasteiger partial charge in [-0.2, -0.15) is 4.31 Å². The summed E-state index contributed by atoms with van der Waals surface area (Å²) in [7, 11) is -3.46. The van der Waals surface area contributed by atoms with E-state index in [0.29, 0.717) is 43.4 Å². The highest BCUT2D eigenvalue weighted by Crippen LogP contribution is 2.21. The maximum absolute atomic E-state index is 12.5. The van der Waals surface area contributed by atoms with Crippen LogP contribution in [-0.2, 0) is 16.4 Å². The standard InChI is InChI=1S/C18H24N4O4S/c1-13(2)18-21-20-16(26-18)9-10-19-17(23)14-5-7-15(8-6-14)27(24,25)22-11-3-4-12-22/h5-8,13H,3-4,9-12H2,1-2H3,(H,19,23). The fraction of sp³-hybridized carbons (Fsp3) is 0.500. The van der Waals surface area contributed by atoms with E-state index < -0.39 is 10.0 Å². The van der Waals surface area contributed by atoms with Crippen LogP contribution in [0.5, 0.6) is 0 Å². The van der Waals surface area contributed by atoms with E-state index in [1.54, 1.807) is 0 Å². The molecule has 0 atom stereocenters. The summed E-state index contributed by atoms with van der Waals surface area (Å²) in [5, 5.41) is 10.7. The second kappa shape index (κ2) is 8.18. The molecule has 0 bridgehead atoms. The summed E-state index contributed by atoms with van der Waals surface area (Å²) in [4.78, 5) is 12.4. The van der Waals surface area contributed by atoms with E-state index in [1.165, 1.54) is 28.6 Å². The van der Waals surface area contributed by atoms with Crippen LogP contribution < -0.4 is 5.32 Å². The van der Waals surface area contributed by atoms with Gasteiger partial charge in [-0.05, 0) is 37.1 Å². The molecule has 1 aliphatic heterocycles. The SMILES string of the molecule is CC(C)c1nnc(CCNC(=O)c2ccc(S(=O)(=O)N3CCCC3)cc2)o1. The van der Waals surface area contributed by atoms with E-state index in [9.17, 15) is 13.2 Å². The molecular formula is C18H24N4O4S. The number of carbonyl (C=O) groups excluding carboxylic acids is 1. The summed E-state index contributed by atoms with van der Waals surface area (Å²) in [6.07, 6.45) is 2.21. The normalized spacial score (nSPS) is 15.4. The molecule has 27 heavy (non-hydrogen) atoms. The fourth-order valence-corrected chi connectivity index (χ4v) is 4.36. The summed E-state index contributed by atoms with van der Waals surface area (Å²) < 4.78 is 32.0. The van der Waals surface area contributed by atoms with Crippen molar-refractivity contribution in [1.82, 2.24) is 19.8 Å². The summed E-state index contributed by atoms with van der Waals surface area (Å²) in [6, 6.07) is 6.02. The van der Waals surface area contributed by atoms with Gasteiger partial charge in [0.1, 0.15) is 0 Å². The molecule has 1 amide bonds. The maximum Gasteiger partial charge on any atom is 0.251 e. The van der Waals surface area contributed by atoms with E-state index >= 15 is 0 Å². The average Bonchev–Trinajstić information content (AvgIpc) is 3.34. The third-order valence-electron chi connectivity index (χ3n) is 4.42. The minimum Gasteiger partial charge on any atom is -0.425 e. The van der Waals surface area contributed by atoms with E-state index in [4.69, 9.17) is 4.42 Å². The molecule has 0 radical (unpaired) electrons. The molecule has 1 saturated heterocycles. The third-order valence-corrected chi connectivity index (χ3v) is 6.33. The van der Waals surface area contributed by atoms with Crippen LogP contribution in [0.1, 0.15) is 54.7 Å². The van der Waals surface area contributed by atoms with Crippen LogP contribution in [0, 0.1) is 0 Å². The molecule has 0 spiro atoms. The molecule has 2 aromatic rings. The smallest absolute Gasteiger partial charge is 0.251 e. The van der Waals surface area contributed by atoms with Gasteiger partial charge in [0.2, 0.25) is 21.8 Å². The summed E-state index contributed by atoms with van der Waals surface area (Å²) >= 11 is 0. The Hall–Kier alpha value is -2.26. The molecule has 0 saturated carbocycles. The van der Waals surface area contributed by atoms with Gasteiger partial charge in [-0.1, -0.05) is 13.8 Å². The van der Waals surface area contributed by atoms with E-state index in [1.807, 2.05) is 13.8 Å². The first-order chi connectivity index (χ1) is 12.9. The molecule has 1 fully saturated rings. The molecule has 1 N–H and O–H groups in total. The Bertz CT molecular complexity index is 884. The van der Waals surface area contributed by atoms with Gasteiger partial charge in [-0.15, -0.1) is 10.2 Å². The predicted octanol–water partition coefficient (Wildman–Crippen LogP) is 1.95. The summed E-state index contributed by atoms with van der Waals surface area (Å²) in [5.41, 5.74) is 0.406. The second-order valence-corrected chi connectivity index (χ2v) is 8.77.